The monoisotopic (exact) mass is 768 g/mol. The Morgan fingerprint density at radius 3 is 0.320 bits per heavy atom. The minimum Gasteiger partial charge on any atom is -0.412 e. The van der Waals surface area contributed by atoms with Gasteiger partial charge in [-0.05, 0) is 0 Å². The average molecular weight is 768 g/mol. The van der Waals surface area contributed by atoms with Crippen LogP contribution in [0.15, 0.2) is 0 Å². The largest absolute Gasteiger partial charge is 0.412 e. The Kier molecular flexibility index (Phi) is 152. The summed E-state index contributed by atoms with van der Waals surface area (Å²) in [6, 6.07) is 0. The molecular formula is H22Ho2O20S3. The molecule has 0 unspecified atom stereocenters. The number of hydrogen-bond donors (Lipinski definition) is 6. The third-order valence-corrected chi connectivity index (χ3v) is 0. The predicted octanol–water partition coefficient (Wildman–Crippen LogP) is -8.56. The van der Waals surface area contributed by atoms with Gasteiger partial charge in [-0.25, -0.2) is 0 Å². The summed E-state index contributed by atoms with van der Waals surface area (Å²) in [7, 11) is -14.0. The molecule has 20 nitrogen and oxygen atoms in total. The molecular weight excluding hydrogens is 746 g/mol. The zero-order valence-corrected chi connectivity index (χ0v) is 17.3. The molecule has 0 atom stereocenters. The molecule has 2 radical (unpaired) electrons. The second kappa shape index (κ2) is 40.5. The molecule has 0 saturated carbocycles. The van der Waals surface area contributed by atoms with E-state index in [0.717, 1.165) is 0 Å². The molecule has 0 saturated heterocycles. The molecule has 22 N–H and O–H groups in total. The fourth-order valence-electron chi connectivity index (χ4n) is 0. The molecule has 0 aliphatic carbocycles. The molecule has 0 spiro atoms. The molecule has 0 rings (SSSR count). The molecule has 0 aliphatic heterocycles. The van der Waals surface area contributed by atoms with Crippen molar-refractivity contribution in [1.29, 1.82) is 0 Å². The Hall–Kier alpha value is 1.81. The van der Waals surface area contributed by atoms with Crippen molar-refractivity contribution in [2.45, 2.75) is 0 Å². The van der Waals surface area contributed by atoms with Crippen molar-refractivity contribution < 1.29 is 172 Å². The van der Waals surface area contributed by atoms with Gasteiger partial charge in [0, 0.05) is 75.5 Å². The van der Waals surface area contributed by atoms with E-state index in [1.807, 2.05) is 0 Å². The first-order valence-electron chi connectivity index (χ1n) is 2.10. The van der Waals surface area contributed by atoms with E-state index in [2.05, 4.69) is 0 Å². The van der Waals surface area contributed by atoms with Crippen LogP contribution < -0.4 is 0 Å². The maximum Gasteiger partial charge on any atom is 0.394 e. The second-order valence-electron chi connectivity index (χ2n) is 1.34. The summed E-state index contributed by atoms with van der Waals surface area (Å²) < 4.78 is 94.8. The van der Waals surface area contributed by atoms with Crippen LogP contribution in [0.5, 0.6) is 0 Å². The van der Waals surface area contributed by atoms with Crippen molar-refractivity contribution in [3.05, 3.63) is 0 Å². The van der Waals surface area contributed by atoms with E-state index in [1.54, 1.807) is 0 Å². The van der Waals surface area contributed by atoms with E-state index in [0.29, 0.717) is 0 Å². The summed E-state index contributed by atoms with van der Waals surface area (Å²) >= 11 is 0. The van der Waals surface area contributed by atoms with Gasteiger partial charge in [-0.3, -0.25) is 27.3 Å². The molecule has 0 amide bonds. The van der Waals surface area contributed by atoms with Crippen LogP contribution in [0.2, 0.25) is 0 Å². The van der Waals surface area contributed by atoms with Crippen molar-refractivity contribution in [1.82, 2.24) is 0 Å². The van der Waals surface area contributed by atoms with Gasteiger partial charge in [-0.1, -0.05) is 0 Å². The van der Waals surface area contributed by atoms with Gasteiger partial charge in [0.05, 0.1) is 0 Å². The van der Waals surface area contributed by atoms with Crippen molar-refractivity contribution in [3.8, 4) is 0 Å². The standard InChI is InChI=1S/2Ho.3H2O4S.8H2O/c;;3*1-5(2,3)4;;;;;;;;/h;;3*(H2,1,2,3,4);8*1H2. The predicted molar refractivity (Wildman–Crippen MR) is 71.4 cm³/mol. The van der Waals surface area contributed by atoms with Crippen LogP contribution in [0.25, 0.3) is 0 Å². The first-order chi connectivity index (χ1) is 6.00. The molecule has 0 heterocycles. The molecule has 0 bridgehead atoms. The molecule has 0 aromatic carbocycles. The van der Waals surface area contributed by atoms with Crippen LogP contribution in [0.1, 0.15) is 0 Å². The van der Waals surface area contributed by atoms with Gasteiger partial charge in [0.15, 0.2) is 0 Å². The van der Waals surface area contributed by atoms with Gasteiger partial charge in [-0.15, -0.1) is 0 Å². The molecule has 25 heavy (non-hydrogen) atoms. The Morgan fingerprint density at radius 2 is 0.320 bits per heavy atom. The summed E-state index contributed by atoms with van der Waals surface area (Å²) in [5, 5.41) is 0. The molecule has 0 aromatic rings. The van der Waals surface area contributed by atoms with E-state index < -0.39 is 31.2 Å². The van der Waals surface area contributed by atoms with Gasteiger partial charge >= 0.3 is 31.2 Å². The van der Waals surface area contributed by atoms with Crippen molar-refractivity contribution in [3.63, 3.8) is 0 Å². The van der Waals surface area contributed by atoms with Crippen LogP contribution in [0.4, 0.5) is 0 Å². The fourth-order valence-corrected chi connectivity index (χ4v) is 0. The molecule has 0 aliphatic rings. The number of rotatable bonds is 0. The van der Waals surface area contributed by atoms with E-state index in [-0.39, 0.29) is 119 Å². The molecule has 25 heteroatoms. The zero-order chi connectivity index (χ0) is 13.5. The average Bonchev–Trinajstić information content (AvgIpc) is 1.41. The van der Waals surface area contributed by atoms with Crippen molar-refractivity contribution in [2.75, 3.05) is 0 Å². The van der Waals surface area contributed by atoms with Crippen LogP contribution >= 0.6 is 0 Å². The minimum atomic E-state index is -4.67. The molecule has 0 aromatic heterocycles. The van der Waals surface area contributed by atoms with Gasteiger partial charge in [-0.2, -0.15) is 25.3 Å². The normalized spacial score (nSPS) is 6.96. The Bertz CT molecular complexity index is 344. The third-order valence-electron chi connectivity index (χ3n) is 0. The number of hydrogen-bond acceptors (Lipinski definition) is 6. The molecule has 182 valence electrons. The minimum absolute atomic E-state index is 0. The van der Waals surface area contributed by atoms with E-state index in [4.69, 9.17) is 52.6 Å². The fraction of sp³-hybridized carbons (Fsp3) is 0. The summed E-state index contributed by atoms with van der Waals surface area (Å²) in [5.41, 5.74) is 0. The molecule has 0 fully saturated rings. The second-order valence-corrected chi connectivity index (χ2v) is 4.03. The van der Waals surface area contributed by atoms with E-state index in [9.17, 15) is 0 Å². The summed E-state index contributed by atoms with van der Waals surface area (Å²) in [6.45, 7) is 0. The van der Waals surface area contributed by atoms with E-state index >= 15 is 0 Å². The van der Waals surface area contributed by atoms with Gasteiger partial charge in [0.1, 0.15) is 0 Å². The smallest absolute Gasteiger partial charge is 0.394 e. The van der Waals surface area contributed by atoms with Crippen molar-refractivity contribution >= 4 is 31.2 Å². The van der Waals surface area contributed by atoms with Crippen LogP contribution in [0, 0.1) is 75.5 Å². The third kappa shape index (κ3) is 4470. The van der Waals surface area contributed by atoms with Gasteiger partial charge in [0.25, 0.3) is 0 Å². The maximum atomic E-state index is 8.74. The summed E-state index contributed by atoms with van der Waals surface area (Å²) in [5.74, 6) is 0. The van der Waals surface area contributed by atoms with Gasteiger partial charge < -0.3 is 43.8 Å². The first kappa shape index (κ1) is 93.6. The summed E-state index contributed by atoms with van der Waals surface area (Å²) in [6.07, 6.45) is 0. The van der Waals surface area contributed by atoms with Gasteiger partial charge in [0.2, 0.25) is 0 Å². The quantitative estimate of drug-likeness (QED) is 0.0989. The Balaban J connectivity index is -0.00000000655. The Labute approximate surface area is 200 Å². The zero-order valence-electron chi connectivity index (χ0n) is 11.0. The van der Waals surface area contributed by atoms with Crippen LogP contribution in [0.3, 0.4) is 0 Å². The Morgan fingerprint density at radius 1 is 0.320 bits per heavy atom. The summed E-state index contributed by atoms with van der Waals surface area (Å²) in [4.78, 5) is 0. The SMILES string of the molecule is O.O.O.O.O.O.O.O.O=S(=O)(O)O.O=S(=O)(O)O.O=S(=O)(O)O.[Ho].[Ho]. The maximum absolute atomic E-state index is 8.74. The first-order valence-corrected chi connectivity index (χ1v) is 6.29. The van der Waals surface area contributed by atoms with Crippen LogP contribution in [-0.2, 0) is 31.2 Å². The van der Waals surface area contributed by atoms with E-state index in [1.165, 1.54) is 0 Å². The van der Waals surface area contributed by atoms with Crippen molar-refractivity contribution in [2.24, 2.45) is 0 Å². The topological polar surface area (TPSA) is 476 Å². The van der Waals surface area contributed by atoms with Crippen LogP contribution in [-0.4, -0.2) is 96.4 Å².